The van der Waals surface area contributed by atoms with Crippen molar-refractivity contribution in [3.63, 3.8) is 0 Å². The minimum absolute atomic E-state index is 0.104. The van der Waals surface area contributed by atoms with Crippen molar-refractivity contribution in [3.8, 4) is 5.75 Å². The molecule has 1 aromatic rings. The molecular formula is C15H24N2O2. The van der Waals surface area contributed by atoms with Crippen LogP contribution in [0.2, 0.25) is 0 Å². The number of carbonyl (C=O) groups is 1. The number of amides is 1. The lowest BCUT2D eigenvalue weighted by atomic mass is 10.1. The summed E-state index contributed by atoms with van der Waals surface area (Å²) in [6.07, 6.45) is 0.365. The van der Waals surface area contributed by atoms with Crippen LogP contribution in [0.15, 0.2) is 12.1 Å². The predicted octanol–water partition coefficient (Wildman–Crippen LogP) is 2.57. The van der Waals surface area contributed by atoms with Gasteiger partial charge in [-0.3, -0.25) is 4.79 Å². The van der Waals surface area contributed by atoms with E-state index in [1.165, 1.54) is 0 Å². The molecule has 0 bridgehead atoms. The topological polar surface area (TPSA) is 64.3 Å². The van der Waals surface area contributed by atoms with Crippen molar-refractivity contribution in [2.24, 2.45) is 0 Å². The number of rotatable bonds is 5. The predicted molar refractivity (Wildman–Crippen MR) is 78.3 cm³/mol. The van der Waals surface area contributed by atoms with Gasteiger partial charge in [0.15, 0.2) is 6.10 Å². The first-order valence-electron chi connectivity index (χ1n) is 6.68. The summed E-state index contributed by atoms with van der Waals surface area (Å²) in [6.45, 7) is 9.64. The Bertz CT molecular complexity index is 458. The molecule has 1 aromatic carbocycles. The molecule has 2 unspecified atom stereocenters. The minimum Gasteiger partial charge on any atom is -0.481 e. The van der Waals surface area contributed by atoms with Gasteiger partial charge in [-0.25, -0.2) is 0 Å². The lowest BCUT2D eigenvalue weighted by Gasteiger charge is -2.19. The van der Waals surface area contributed by atoms with E-state index in [0.717, 1.165) is 17.5 Å². The van der Waals surface area contributed by atoms with Gasteiger partial charge in [0, 0.05) is 17.8 Å². The molecule has 4 heteroatoms. The Morgan fingerprint density at radius 1 is 1.32 bits per heavy atom. The van der Waals surface area contributed by atoms with E-state index in [0.29, 0.717) is 11.4 Å². The number of anilines is 1. The van der Waals surface area contributed by atoms with Crippen LogP contribution in [0.5, 0.6) is 5.75 Å². The first-order valence-corrected chi connectivity index (χ1v) is 6.68. The molecule has 0 saturated heterocycles. The van der Waals surface area contributed by atoms with Crippen LogP contribution in [0.25, 0.3) is 0 Å². The Morgan fingerprint density at radius 3 is 2.53 bits per heavy atom. The molecule has 19 heavy (non-hydrogen) atoms. The van der Waals surface area contributed by atoms with Crippen LogP contribution >= 0.6 is 0 Å². The Balaban J connectivity index is 2.74. The van der Waals surface area contributed by atoms with E-state index in [2.05, 4.69) is 5.32 Å². The third-order valence-electron chi connectivity index (χ3n) is 3.24. The average Bonchev–Trinajstić information content (AvgIpc) is 2.35. The van der Waals surface area contributed by atoms with Gasteiger partial charge in [-0.15, -0.1) is 0 Å². The Kier molecular flexibility index (Phi) is 5.21. The highest BCUT2D eigenvalue weighted by Crippen LogP contribution is 2.25. The van der Waals surface area contributed by atoms with Crippen LogP contribution in [-0.2, 0) is 4.79 Å². The van der Waals surface area contributed by atoms with Gasteiger partial charge in [-0.1, -0.05) is 13.0 Å². The number of hydrogen-bond donors (Lipinski definition) is 2. The van der Waals surface area contributed by atoms with Gasteiger partial charge in [0.05, 0.1) is 0 Å². The van der Waals surface area contributed by atoms with Crippen molar-refractivity contribution in [3.05, 3.63) is 23.3 Å². The van der Waals surface area contributed by atoms with Gasteiger partial charge >= 0.3 is 0 Å². The number of aryl methyl sites for hydroxylation is 2. The van der Waals surface area contributed by atoms with Gasteiger partial charge in [-0.05, 0) is 45.2 Å². The molecule has 2 atom stereocenters. The maximum atomic E-state index is 11.9. The summed E-state index contributed by atoms with van der Waals surface area (Å²) in [5.74, 6) is 0.558. The molecule has 0 heterocycles. The van der Waals surface area contributed by atoms with E-state index in [1.54, 1.807) is 13.0 Å². The molecule has 0 radical (unpaired) electrons. The molecule has 1 amide bonds. The third kappa shape index (κ3) is 4.16. The highest BCUT2D eigenvalue weighted by molar-refractivity contribution is 5.81. The lowest BCUT2D eigenvalue weighted by molar-refractivity contribution is -0.127. The van der Waals surface area contributed by atoms with Crippen molar-refractivity contribution in [2.45, 2.75) is 53.2 Å². The summed E-state index contributed by atoms with van der Waals surface area (Å²) in [5, 5.41) is 2.90. The zero-order valence-electron chi connectivity index (χ0n) is 12.4. The second kappa shape index (κ2) is 6.45. The molecule has 0 aliphatic heterocycles. The van der Waals surface area contributed by atoms with Crippen LogP contribution in [0.3, 0.4) is 0 Å². The van der Waals surface area contributed by atoms with Gasteiger partial charge in [0.1, 0.15) is 5.75 Å². The van der Waals surface area contributed by atoms with Crippen molar-refractivity contribution >= 4 is 11.6 Å². The molecule has 0 aromatic heterocycles. The minimum atomic E-state index is -0.533. The van der Waals surface area contributed by atoms with Crippen molar-refractivity contribution in [1.29, 1.82) is 0 Å². The van der Waals surface area contributed by atoms with E-state index in [4.69, 9.17) is 10.5 Å². The molecule has 0 fully saturated rings. The normalized spacial score (nSPS) is 13.7. The number of ether oxygens (including phenoxy) is 1. The average molecular weight is 264 g/mol. The van der Waals surface area contributed by atoms with E-state index < -0.39 is 6.10 Å². The first-order chi connectivity index (χ1) is 8.85. The van der Waals surface area contributed by atoms with Crippen LogP contribution in [0.1, 0.15) is 38.3 Å². The number of nitrogen functional groups attached to an aromatic ring is 1. The monoisotopic (exact) mass is 264 g/mol. The molecule has 0 saturated carbocycles. The highest BCUT2D eigenvalue weighted by Gasteiger charge is 2.17. The second-order valence-electron chi connectivity index (χ2n) is 5.05. The van der Waals surface area contributed by atoms with Gasteiger partial charge in [0.2, 0.25) is 0 Å². The summed E-state index contributed by atoms with van der Waals surface area (Å²) in [4.78, 5) is 11.9. The maximum absolute atomic E-state index is 11.9. The smallest absolute Gasteiger partial charge is 0.260 e. The summed E-state index contributed by atoms with van der Waals surface area (Å²) >= 11 is 0. The molecule has 3 N–H and O–H groups in total. The van der Waals surface area contributed by atoms with Crippen LogP contribution in [0, 0.1) is 13.8 Å². The van der Waals surface area contributed by atoms with E-state index in [-0.39, 0.29) is 11.9 Å². The zero-order valence-corrected chi connectivity index (χ0v) is 12.4. The second-order valence-corrected chi connectivity index (χ2v) is 5.05. The van der Waals surface area contributed by atoms with Crippen molar-refractivity contribution in [2.75, 3.05) is 5.73 Å². The Hall–Kier alpha value is -1.71. The molecule has 0 aliphatic carbocycles. The van der Waals surface area contributed by atoms with E-state index >= 15 is 0 Å². The standard InChI is InChI=1S/C15H24N2O2/c1-6-11(4)17-15(18)12(5)19-14-8-13(16)9(2)7-10(14)3/h7-8,11-12H,6,16H2,1-5H3,(H,17,18). The van der Waals surface area contributed by atoms with Crippen molar-refractivity contribution in [1.82, 2.24) is 5.32 Å². The van der Waals surface area contributed by atoms with Crippen LogP contribution < -0.4 is 15.8 Å². The molecule has 1 rings (SSSR count). The maximum Gasteiger partial charge on any atom is 0.260 e. The zero-order chi connectivity index (χ0) is 14.6. The third-order valence-corrected chi connectivity index (χ3v) is 3.24. The number of carbonyl (C=O) groups excluding carboxylic acids is 1. The highest BCUT2D eigenvalue weighted by atomic mass is 16.5. The molecule has 0 spiro atoms. The number of nitrogens with two attached hydrogens (primary N) is 1. The lowest BCUT2D eigenvalue weighted by Crippen LogP contribution is -2.41. The summed E-state index contributed by atoms with van der Waals surface area (Å²) in [6, 6.07) is 3.89. The molecular weight excluding hydrogens is 240 g/mol. The molecule has 0 aliphatic rings. The fourth-order valence-electron chi connectivity index (χ4n) is 1.68. The van der Waals surface area contributed by atoms with Gasteiger partial charge in [0.25, 0.3) is 5.91 Å². The van der Waals surface area contributed by atoms with Crippen LogP contribution in [0.4, 0.5) is 5.69 Å². The number of benzene rings is 1. The summed E-state index contributed by atoms with van der Waals surface area (Å²) in [7, 11) is 0. The fourth-order valence-corrected chi connectivity index (χ4v) is 1.68. The van der Waals surface area contributed by atoms with Gasteiger partial charge < -0.3 is 15.8 Å². The summed E-state index contributed by atoms with van der Waals surface area (Å²) in [5.41, 5.74) is 8.54. The number of nitrogens with one attached hydrogen (secondary N) is 1. The van der Waals surface area contributed by atoms with E-state index in [1.807, 2.05) is 33.8 Å². The fraction of sp³-hybridized carbons (Fsp3) is 0.533. The Labute approximate surface area is 115 Å². The SMILES string of the molecule is CCC(C)NC(=O)C(C)Oc1cc(N)c(C)cc1C. The largest absolute Gasteiger partial charge is 0.481 e. The van der Waals surface area contributed by atoms with Gasteiger partial charge in [-0.2, -0.15) is 0 Å². The quantitative estimate of drug-likeness (QED) is 0.803. The summed E-state index contributed by atoms with van der Waals surface area (Å²) < 4.78 is 5.70. The van der Waals surface area contributed by atoms with Crippen molar-refractivity contribution < 1.29 is 9.53 Å². The van der Waals surface area contributed by atoms with Crippen LogP contribution in [-0.4, -0.2) is 18.1 Å². The molecule has 106 valence electrons. The molecule has 4 nitrogen and oxygen atoms in total. The Morgan fingerprint density at radius 2 is 1.95 bits per heavy atom. The number of hydrogen-bond acceptors (Lipinski definition) is 3. The van der Waals surface area contributed by atoms with E-state index in [9.17, 15) is 4.79 Å². The first kappa shape index (κ1) is 15.3.